The first-order valence-electron chi connectivity index (χ1n) is 11.4. The molecule has 13 heteroatoms. The molecular weight excluding hydrogens is 535 g/mol. The van der Waals surface area contributed by atoms with Crippen LogP contribution in [0.3, 0.4) is 0 Å². The van der Waals surface area contributed by atoms with Crippen molar-refractivity contribution < 1.29 is 35.9 Å². The number of anilines is 1. The highest BCUT2D eigenvalue weighted by molar-refractivity contribution is 7.88. The minimum atomic E-state index is -4.87. The molecule has 0 spiro atoms. The van der Waals surface area contributed by atoms with Crippen LogP contribution in [-0.2, 0) is 19.6 Å². The third-order valence-corrected chi connectivity index (χ3v) is 7.60. The molecule has 2 aromatic carbocycles. The van der Waals surface area contributed by atoms with E-state index in [9.17, 15) is 31.2 Å². The van der Waals surface area contributed by atoms with Crippen molar-refractivity contribution in [3.8, 4) is 16.9 Å². The monoisotopic (exact) mass is 561 g/mol. The van der Waals surface area contributed by atoms with Crippen molar-refractivity contribution in [1.82, 2.24) is 9.21 Å². The molecule has 202 valence electrons. The molecular formula is C24H27ClF3N3O5S. The minimum Gasteiger partial charge on any atom is -0.405 e. The van der Waals surface area contributed by atoms with E-state index in [-0.39, 0.29) is 35.0 Å². The van der Waals surface area contributed by atoms with Crippen molar-refractivity contribution in [2.75, 3.05) is 31.7 Å². The molecule has 2 amide bonds. The highest BCUT2D eigenvalue weighted by atomic mass is 35.5. The van der Waals surface area contributed by atoms with Gasteiger partial charge in [0.25, 0.3) is 0 Å². The fourth-order valence-electron chi connectivity index (χ4n) is 4.00. The number of carbonyl (C=O) groups excluding carboxylic acids is 2. The van der Waals surface area contributed by atoms with E-state index in [0.29, 0.717) is 18.7 Å². The van der Waals surface area contributed by atoms with Crippen LogP contribution in [-0.4, -0.2) is 68.2 Å². The van der Waals surface area contributed by atoms with Crippen molar-refractivity contribution in [3.63, 3.8) is 0 Å². The first-order valence-corrected chi connectivity index (χ1v) is 13.7. The highest BCUT2D eigenvalue weighted by Gasteiger charge is 2.33. The molecule has 1 N–H and O–H groups in total. The molecule has 1 heterocycles. The lowest BCUT2D eigenvalue weighted by Gasteiger charge is -2.35. The van der Waals surface area contributed by atoms with Crippen molar-refractivity contribution in [2.24, 2.45) is 0 Å². The summed E-state index contributed by atoms with van der Waals surface area (Å²) in [5.41, 5.74) is 0.720. The summed E-state index contributed by atoms with van der Waals surface area (Å²) in [7, 11) is -2.05. The van der Waals surface area contributed by atoms with Gasteiger partial charge in [-0.1, -0.05) is 35.9 Å². The molecule has 1 unspecified atom stereocenters. The Morgan fingerprint density at radius 2 is 1.86 bits per heavy atom. The first-order chi connectivity index (χ1) is 17.3. The number of benzene rings is 2. The molecule has 0 aromatic heterocycles. The number of sulfonamides is 1. The zero-order chi connectivity index (χ0) is 27.4. The van der Waals surface area contributed by atoms with Crippen molar-refractivity contribution >= 4 is 39.1 Å². The average molecular weight is 562 g/mol. The van der Waals surface area contributed by atoms with E-state index < -0.39 is 34.1 Å². The van der Waals surface area contributed by atoms with E-state index in [0.717, 1.165) is 23.4 Å². The number of alkyl halides is 3. The van der Waals surface area contributed by atoms with Gasteiger partial charge in [0.05, 0.1) is 11.3 Å². The Bertz CT molecular complexity index is 1260. The second-order valence-electron chi connectivity index (χ2n) is 8.66. The van der Waals surface area contributed by atoms with Crippen LogP contribution in [0, 0.1) is 0 Å². The number of halogens is 4. The zero-order valence-electron chi connectivity index (χ0n) is 20.2. The molecule has 1 fully saturated rings. The van der Waals surface area contributed by atoms with Gasteiger partial charge >= 0.3 is 6.36 Å². The predicted octanol–water partition coefficient (Wildman–Crippen LogP) is 4.51. The zero-order valence-corrected chi connectivity index (χ0v) is 21.8. The number of carbonyl (C=O) groups is 2. The predicted molar refractivity (Wildman–Crippen MR) is 134 cm³/mol. The summed E-state index contributed by atoms with van der Waals surface area (Å²) in [5, 5.41) is 2.82. The Kier molecular flexibility index (Phi) is 9.09. The summed E-state index contributed by atoms with van der Waals surface area (Å²) in [6, 6.07) is 9.21. The van der Waals surface area contributed by atoms with Crippen molar-refractivity contribution in [3.05, 3.63) is 47.5 Å². The second kappa shape index (κ2) is 11.7. The smallest absolute Gasteiger partial charge is 0.405 e. The van der Waals surface area contributed by atoms with Gasteiger partial charge in [-0.05, 0) is 37.5 Å². The third kappa shape index (κ3) is 7.83. The Morgan fingerprint density at radius 1 is 1.16 bits per heavy atom. The maximum absolute atomic E-state index is 13.1. The molecule has 0 bridgehead atoms. The number of ether oxygens (including phenoxy) is 1. The molecule has 1 aliphatic rings. The van der Waals surface area contributed by atoms with Crippen LogP contribution in [0.1, 0.15) is 25.7 Å². The Morgan fingerprint density at radius 3 is 2.51 bits per heavy atom. The molecule has 0 radical (unpaired) electrons. The lowest BCUT2D eigenvalue weighted by Crippen LogP contribution is -2.50. The molecule has 8 nitrogen and oxygen atoms in total. The molecule has 37 heavy (non-hydrogen) atoms. The number of para-hydroxylation sites is 1. The van der Waals surface area contributed by atoms with Gasteiger partial charge in [-0.25, -0.2) is 12.7 Å². The number of nitrogens with zero attached hydrogens (tertiary/aromatic N) is 2. The molecule has 1 aliphatic heterocycles. The van der Waals surface area contributed by atoms with Crippen LogP contribution < -0.4 is 10.1 Å². The van der Waals surface area contributed by atoms with Crippen molar-refractivity contribution in [2.45, 2.75) is 38.1 Å². The minimum absolute atomic E-state index is 0.000890. The number of likely N-dealkylation sites (tertiary alicyclic amines) is 1. The van der Waals surface area contributed by atoms with Crippen LogP contribution in [0.5, 0.6) is 5.75 Å². The normalized spacial score (nSPS) is 16.5. The molecule has 1 saturated heterocycles. The lowest BCUT2D eigenvalue weighted by atomic mass is 10.0. The van der Waals surface area contributed by atoms with E-state index in [1.807, 2.05) is 0 Å². The quantitative estimate of drug-likeness (QED) is 0.512. The second-order valence-corrected chi connectivity index (χ2v) is 11.2. The third-order valence-electron chi connectivity index (χ3n) is 5.97. The van der Waals surface area contributed by atoms with Crippen LogP contribution in [0.2, 0.25) is 5.02 Å². The molecule has 0 saturated carbocycles. The first kappa shape index (κ1) is 28.7. The van der Waals surface area contributed by atoms with E-state index in [4.69, 9.17) is 11.6 Å². The Labute approximate surface area is 218 Å². The van der Waals surface area contributed by atoms with E-state index in [1.54, 1.807) is 6.07 Å². The van der Waals surface area contributed by atoms with Gasteiger partial charge in [-0.15, -0.1) is 13.2 Å². The average Bonchev–Trinajstić information content (AvgIpc) is 2.81. The van der Waals surface area contributed by atoms with Gasteiger partial charge in [0, 0.05) is 43.4 Å². The number of nitrogens with one attached hydrogen (secondary N) is 1. The lowest BCUT2D eigenvalue weighted by molar-refractivity contribution is -0.274. The fourth-order valence-corrected chi connectivity index (χ4v) is 4.71. The maximum Gasteiger partial charge on any atom is 0.573 e. The summed E-state index contributed by atoms with van der Waals surface area (Å²) in [6.07, 6.45) is -1.99. The largest absolute Gasteiger partial charge is 0.573 e. The van der Waals surface area contributed by atoms with E-state index in [2.05, 4.69) is 10.1 Å². The van der Waals surface area contributed by atoms with E-state index >= 15 is 0 Å². The SMILES string of the molecule is CN(CCC(=O)N1CCCCC1C(=O)Nc1ccc(-c2ccccc2OC(F)(F)F)c(Cl)c1)S(C)(=O)=O. The van der Waals surface area contributed by atoms with Crippen LogP contribution in [0.15, 0.2) is 42.5 Å². The summed E-state index contributed by atoms with van der Waals surface area (Å²) in [5.74, 6) is -1.18. The van der Waals surface area contributed by atoms with Crippen LogP contribution in [0.4, 0.5) is 18.9 Å². The van der Waals surface area contributed by atoms with Gasteiger partial charge in [0.1, 0.15) is 11.8 Å². The summed E-state index contributed by atoms with van der Waals surface area (Å²) in [4.78, 5) is 27.3. The summed E-state index contributed by atoms with van der Waals surface area (Å²) >= 11 is 6.36. The molecule has 2 aromatic rings. The molecule has 0 aliphatic carbocycles. The topological polar surface area (TPSA) is 96.0 Å². The summed E-state index contributed by atoms with van der Waals surface area (Å²) in [6.45, 7) is 0.369. The van der Waals surface area contributed by atoms with Gasteiger partial charge in [0.15, 0.2) is 0 Å². The molecule has 3 rings (SSSR count). The van der Waals surface area contributed by atoms with Crippen LogP contribution in [0.25, 0.3) is 11.1 Å². The summed E-state index contributed by atoms with van der Waals surface area (Å²) < 4.78 is 66.7. The van der Waals surface area contributed by atoms with Gasteiger partial charge in [-0.2, -0.15) is 0 Å². The Balaban J connectivity index is 1.73. The number of amides is 2. The number of piperidine rings is 1. The van der Waals surface area contributed by atoms with Gasteiger partial charge in [0.2, 0.25) is 21.8 Å². The highest BCUT2D eigenvalue weighted by Crippen LogP contribution is 2.38. The number of rotatable bonds is 8. The fraction of sp³-hybridized carbons (Fsp3) is 0.417. The van der Waals surface area contributed by atoms with Gasteiger partial charge < -0.3 is 15.0 Å². The Hall–Kier alpha value is -2.83. The van der Waals surface area contributed by atoms with Gasteiger partial charge in [-0.3, -0.25) is 9.59 Å². The number of hydrogen-bond donors (Lipinski definition) is 1. The van der Waals surface area contributed by atoms with Crippen molar-refractivity contribution in [1.29, 1.82) is 0 Å². The van der Waals surface area contributed by atoms with Crippen LogP contribution >= 0.6 is 11.6 Å². The standard InChI is InChI=1S/C24H27ClF3N3O5S/c1-30(37(2,34)35)14-12-22(32)31-13-6-5-8-20(31)23(33)29-16-10-11-17(19(25)15-16)18-7-3-4-9-21(18)36-24(26,27)28/h3-4,7,9-11,15,20H,5-6,8,12-14H2,1-2H3,(H,29,33). The maximum atomic E-state index is 13.1. The molecule has 1 atom stereocenters. The van der Waals surface area contributed by atoms with E-state index in [1.165, 1.54) is 48.3 Å². The number of hydrogen-bond acceptors (Lipinski definition) is 5.